The Kier molecular flexibility index (Phi) is 4.28. The van der Waals surface area contributed by atoms with Crippen LogP contribution in [-0.2, 0) is 6.42 Å². The van der Waals surface area contributed by atoms with Crippen LogP contribution in [0.5, 0.6) is 5.88 Å². The second-order valence-corrected chi connectivity index (χ2v) is 3.76. The van der Waals surface area contributed by atoms with E-state index in [1.165, 1.54) is 0 Å². The third-order valence-electron chi connectivity index (χ3n) is 2.48. The number of oxime groups is 1. The summed E-state index contributed by atoms with van der Waals surface area (Å²) in [4.78, 5) is 8.26. The molecule has 0 aliphatic heterocycles. The van der Waals surface area contributed by atoms with Crippen LogP contribution in [0.25, 0.3) is 0 Å². The van der Waals surface area contributed by atoms with Crippen LogP contribution in [0, 0.1) is 0 Å². The fourth-order valence-corrected chi connectivity index (χ4v) is 1.55. The van der Waals surface area contributed by atoms with Gasteiger partial charge in [-0.3, -0.25) is 4.98 Å². The van der Waals surface area contributed by atoms with Crippen molar-refractivity contribution < 1.29 is 9.94 Å². The molecule has 98 valence electrons. The van der Waals surface area contributed by atoms with Gasteiger partial charge < -0.3 is 15.7 Å². The van der Waals surface area contributed by atoms with Crippen molar-refractivity contribution in [1.82, 2.24) is 9.97 Å². The van der Waals surface area contributed by atoms with Crippen LogP contribution >= 0.6 is 0 Å². The largest absolute Gasteiger partial charge is 0.477 e. The summed E-state index contributed by atoms with van der Waals surface area (Å²) in [5.74, 6) is 0.315. The Morgan fingerprint density at radius 1 is 1.21 bits per heavy atom. The number of aromatic nitrogens is 2. The smallest absolute Gasteiger partial charge is 0.224 e. The number of nitrogens with two attached hydrogens (primary N) is 1. The van der Waals surface area contributed by atoms with Gasteiger partial charge in [-0.1, -0.05) is 11.2 Å². The van der Waals surface area contributed by atoms with Crippen LogP contribution in [0.1, 0.15) is 11.3 Å². The van der Waals surface area contributed by atoms with Crippen molar-refractivity contribution in [3.8, 4) is 5.88 Å². The molecule has 0 bridgehead atoms. The van der Waals surface area contributed by atoms with Crippen LogP contribution in [0.3, 0.4) is 0 Å². The van der Waals surface area contributed by atoms with E-state index in [4.69, 9.17) is 15.7 Å². The molecule has 6 nitrogen and oxygen atoms in total. The molecule has 0 saturated carbocycles. The molecule has 0 saturated heterocycles. The molecule has 2 aromatic rings. The maximum absolute atomic E-state index is 8.69. The lowest BCUT2D eigenvalue weighted by Crippen LogP contribution is -2.16. The first kappa shape index (κ1) is 12.8. The molecule has 6 heteroatoms. The van der Waals surface area contributed by atoms with E-state index in [0.29, 0.717) is 24.5 Å². The van der Waals surface area contributed by atoms with Crippen molar-refractivity contribution >= 4 is 5.84 Å². The molecule has 0 atom stereocenters. The molecule has 2 heterocycles. The summed E-state index contributed by atoms with van der Waals surface area (Å²) in [6.45, 7) is 0.416. The van der Waals surface area contributed by atoms with Gasteiger partial charge in [0.15, 0.2) is 5.84 Å². The molecule has 0 aliphatic carbocycles. The Labute approximate surface area is 110 Å². The number of ether oxygens (including phenoxy) is 1. The number of hydrogen-bond acceptors (Lipinski definition) is 5. The van der Waals surface area contributed by atoms with Gasteiger partial charge >= 0.3 is 0 Å². The molecule has 2 aromatic heterocycles. The second kappa shape index (κ2) is 6.34. The van der Waals surface area contributed by atoms with E-state index in [1.54, 1.807) is 24.5 Å². The van der Waals surface area contributed by atoms with Gasteiger partial charge in [-0.2, -0.15) is 0 Å². The molecule has 2 rings (SSSR count). The van der Waals surface area contributed by atoms with Gasteiger partial charge in [-0.15, -0.1) is 0 Å². The highest BCUT2D eigenvalue weighted by Crippen LogP contribution is 2.14. The lowest BCUT2D eigenvalue weighted by molar-refractivity contribution is 0.304. The van der Waals surface area contributed by atoms with Gasteiger partial charge in [0.05, 0.1) is 12.2 Å². The highest BCUT2D eigenvalue weighted by atomic mass is 16.5. The van der Waals surface area contributed by atoms with Gasteiger partial charge in [0.2, 0.25) is 5.88 Å². The predicted octanol–water partition coefficient (Wildman–Crippen LogP) is 1.19. The third kappa shape index (κ3) is 3.41. The van der Waals surface area contributed by atoms with E-state index in [1.807, 2.05) is 18.2 Å². The van der Waals surface area contributed by atoms with E-state index in [0.717, 1.165) is 5.69 Å². The van der Waals surface area contributed by atoms with Crippen molar-refractivity contribution in [3.05, 3.63) is 54.0 Å². The van der Waals surface area contributed by atoms with Gasteiger partial charge in [0, 0.05) is 24.5 Å². The molecule has 0 unspecified atom stereocenters. The van der Waals surface area contributed by atoms with Crippen molar-refractivity contribution in [1.29, 1.82) is 0 Å². The van der Waals surface area contributed by atoms with E-state index in [9.17, 15) is 0 Å². The van der Waals surface area contributed by atoms with Gasteiger partial charge in [-0.25, -0.2) is 4.98 Å². The molecule has 0 aromatic carbocycles. The summed E-state index contributed by atoms with van der Waals surface area (Å²) in [6.07, 6.45) is 3.98. The zero-order valence-electron chi connectivity index (χ0n) is 10.2. The monoisotopic (exact) mass is 258 g/mol. The quantitative estimate of drug-likeness (QED) is 0.363. The first-order chi connectivity index (χ1) is 9.31. The molecule has 0 radical (unpaired) electrons. The number of rotatable bonds is 5. The highest BCUT2D eigenvalue weighted by molar-refractivity contribution is 5.98. The van der Waals surface area contributed by atoms with E-state index in [-0.39, 0.29) is 5.84 Å². The average Bonchev–Trinajstić information content (AvgIpc) is 2.48. The molecule has 3 N–H and O–H groups in total. The topological polar surface area (TPSA) is 93.6 Å². The Morgan fingerprint density at radius 2 is 2.05 bits per heavy atom. The Hall–Kier alpha value is -2.63. The zero-order chi connectivity index (χ0) is 13.5. The Morgan fingerprint density at radius 3 is 2.79 bits per heavy atom. The van der Waals surface area contributed by atoms with E-state index in [2.05, 4.69) is 15.1 Å². The minimum absolute atomic E-state index is 0.0269. The zero-order valence-corrected chi connectivity index (χ0v) is 10.2. The molecule has 19 heavy (non-hydrogen) atoms. The average molecular weight is 258 g/mol. The third-order valence-corrected chi connectivity index (χ3v) is 2.48. The van der Waals surface area contributed by atoms with E-state index < -0.39 is 0 Å². The SMILES string of the molecule is N/C(=N\O)c1cccnc1OCCc1ccccn1. The van der Waals surface area contributed by atoms with Crippen LogP contribution in [-0.4, -0.2) is 27.6 Å². The summed E-state index contributed by atoms with van der Waals surface area (Å²) >= 11 is 0. The standard InChI is InChI=1S/C13H14N4O2/c14-12(17-18)11-5-3-8-16-13(11)19-9-6-10-4-1-2-7-15-10/h1-5,7-8,18H,6,9H2,(H2,14,17). The summed E-state index contributed by atoms with van der Waals surface area (Å²) in [5, 5.41) is 11.6. The summed E-state index contributed by atoms with van der Waals surface area (Å²) < 4.78 is 5.54. The van der Waals surface area contributed by atoms with Gasteiger partial charge in [0.1, 0.15) is 0 Å². The van der Waals surface area contributed by atoms with Crippen molar-refractivity contribution in [2.75, 3.05) is 6.61 Å². The highest BCUT2D eigenvalue weighted by Gasteiger charge is 2.09. The van der Waals surface area contributed by atoms with Crippen LogP contribution in [0.15, 0.2) is 47.9 Å². The summed E-state index contributed by atoms with van der Waals surface area (Å²) in [5.41, 5.74) is 6.94. The number of pyridine rings is 2. The maximum Gasteiger partial charge on any atom is 0.224 e. The Balaban J connectivity index is 2.00. The molecule has 0 spiro atoms. The lowest BCUT2D eigenvalue weighted by atomic mass is 10.2. The minimum Gasteiger partial charge on any atom is -0.477 e. The summed E-state index contributed by atoms with van der Waals surface area (Å²) in [6, 6.07) is 9.08. The molecular formula is C13H14N4O2. The van der Waals surface area contributed by atoms with Gasteiger partial charge in [-0.05, 0) is 24.3 Å². The Bertz CT molecular complexity index is 558. The summed E-state index contributed by atoms with van der Waals surface area (Å²) in [7, 11) is 0. The van der Waals surface area contributed by atoms with Crippen LogP contribution < -0.4 is 10.5 Å². The van der Waals surface area contributed by atoms with Crippen molar-refractivity contribution in [2.24, 2.45) is 10.9 Å². The molecule has 0 fully saturated rings. The molecular weight excluding hydrogens is 244 g/mol. The normalized spacial score (nSPS) is 11.3. The molecule has 0 amide bonds. The van der Waals surface area contributed by atoms with Crippen molar-refractivity contribution in [2.45, 2.75) is 6.42 Å². The number of hydrogen-bond donors (Lipinski definition) is 2. The first-order valence-corrected chi connectivity index (χ1v) is 5.77. The maximum atomic E-state index is 8.69. The number of nitrogens with zero attached hydrogens (tertiary/aromatic N) is 3. The van der Waals surface area contributed by atoms with Crippen LogP contribution in [0.4, 0.5) is 0 Å². The number of amidine groups is 1. The fourth-order valence-electron chi connectivity index (χ4n) is 1.55. The predicted molar refractivity (Wildman–Crippen MR) is 70.2 cm³/mol. The minimum atomic E-state index is -0.0269. The lowest BCUT2D eigenvalue weighted by Gasteiger charge is -2.08. The fraction of sp³-hybridized carbons (Fsp3) is 0.154. The van der Waals surface area contributed by atoms with E-state index >= 15 is 0 Å². The van der Waals surface area contributed by atoms with Gasteiger partial charge in [0.25, 0.3) is 0 Å². The van der Waals surface area contributed by atoms with Crippen molar-refractivity contribution in [3.63, 3.8) is 0 Å². The second-order valence-electron chi connectivity index (χ2n) is 3.76. The molecule has 0 aliphatic rings. The van der Waals surface area contributed by atoms with Crippen LogP contribution in [0.2, 0.25) is 0 Å². The first-order valence-electron chi connectivity index (χ1n) is 5.77.